The number of anilines is 1. The Bertz CT molecular complexity index is 597. The Morgan fingerprint density at radius 3 is 2.57 bits per heavy atom. The zero-order valence-electron chi connectivity index (χ0n) is 12.8. The van der Waals surface area contributed by atoms with Crippen LogP contribution in [0.25, 0.3) is 0 Å². The first kappa shape index (κ1) is 17.7. The Labute approximate surface area is 126 Å². The molecular weight excluding hydrogens is 288 g/mol. The fourth-order valence-electron chi connectivity index (χ4n) is 1.99. The molecule has 0 saturated heterocycles. The van der Waals surface area contributed by atoms with Gasteiger partial charge in [-0.05, 0) is 49.9 Å². The van der Waals surface area contributed by atoms with Gasteiger partial charge in [-0.2, -0.15) is 0 Å². The van der Waals surface area contributed by atoms with Crippen LogP contribution in [0, 0.1) is 12.8 Å². The lowest BCUT2D eigenvalue weighted by atomic mass is 10.0. The minimum absolute atomic E-state index is 0.104. The van der Waals surface area contributed by atoms with Gasteiger partial charge in [0, 0.05) is 18.4 Å². The lowest BCUT2D eigenvalue weighted by molar-refractivity contribution is -0.116. The number of carbonyl (C=O) groups is 1. The Morgan fingerprint density at radius 2 is 2.00 bits per heavy atom. The minimum Gasteiger partial charge on any atom is -0.330 e. The van der Waals surface area contributed by atoms with Crippen LogP contribution in [0.5, 0.6) is 0 Å². The van der Waals surface area contributed by atoms with E-state index in [0.717, 1.165) is 24.7 Å². The van der Waals surface area contributed by atoms with Crippen molar-refractivity contribution < 1.29 is 13.2 Å². The molecule has 1 amide bonds. The molecule has 1 aromatic rings. The van der Waals surface area contributed by atoms with E-state index < -0.39 is 9.84 Å². The lowest BCUT2D eigenvalue weighted by Crippen LogP contribution is -2.15. The summed E-state index contributed by atoms with van der Waals surface area (Å²) in [6, 6.07) is 4.75. The van der Waals surface area contributed by atoms with Crippen LogP contribution in [0.4, 0.5) is 5.69 Å². The molecule has 1 rings (SSSR count). The standard InChI is InChI=1S/C15H24N2O3S/c1-11(8-9-16)4-7-15(18)17-14-10-13(21(3,19)20)6-5-12(14)2/h5-6,10-11H,4,7-9,16H2,1-3H3,(H,17,18). The molecule has 0 bridgehead atoms. The Morgan fingerprint density at radius 1 is 1.33 bits per heavy atom. The molecule has 6 heteroatoms. The second-order valence-electron chi connectivity index (χ2n) is 5.52. The van der Waals surface area contributed by atoms with Gasteiger partial charge >= 0.3 is 0 Å². The van der Waals surface area contributed by atoms with Crippen LogP contribution < -0.4 is 11.1 Å². The fraction of sp³-hybridized carbons (Fsp3) is 0.533. The van der Waals surface area contributed by atoms with Crippen molar-refractivity contribution >= 4 is 21.4 Å². The Balaban J connectivity index is 2.72. The first-order valence-corrected chi connectivity index (χ1v) is 8.93. The third-order valence-electron chi connectivity index (χ3n) is 3.43. The van der Waals surface area contributed by atoms with Crippen LogP contribution >= 0.6 is 0 Å². The molecule has 1 atom stereocenters. The second-order valence-corrected chi connectivity index (χ2v) is 7.53. The number of hydrogen-bond acceptors (Lipinski definition) is 4. The van der Waals surface area contributed by atoms with Crippen LogP contribution in [0.2, 0.25) is 0 Å². The van der Waals surface area contributed by atoms with Gasteiger partial charge in [-0.25, -0.2) is 8.42 Å². The zero-order chi connectivity index (χ0) is 16.0. The maximum atomic E-state index is 11.9. The molecule has 0 spiro atoms. The molecule has 5 nitrogen and oxygen atoms in total. The van der Waals surface area contributed by atoms with E-state index in [2.05, 4.69) is 12.2 Å². The zero-order valence-corrected chi connectivity index (χ0v) is 13.7. The van der Waals surface area contributed by atoms with Gasteiger partial charge in [-0.15, -0.1) is 0 Å². The molecule has 0 radical (unpaired) electrons. The largest absolute Gasteiger partial charge is 0.330 e. The summed E-state index contributed by atoms with van der Waals surface area (Å²) in [7, 11) is -3.28. The van der Waals surface area contributed by atoms with Gasteiger partial charge < -0.3 is 11.1 Å². The van der Waals surface area contributed by atoms with Crippen LogP contribution in [-0.2, 0) is 14.6 Å². The fourth-order valence-corrected chi connectivity index (χ4v) is 2.63. The molecule has 3 N–H and O–H groups in total. The van der Waals surface area contributed by atoms with Crippen LogP contribution in [-0.4, -0.2) is 27.1 Å². The highest BCUT2D eigenvalue weighted by atomic mass is 32.2. The van der Waals surface area contributed by atoms with E-state index in [4.69, 9.17) is 5.73 Å². The maximum Gasteiger partial charge on any atom is 0.224 e. The number of hydrogen-bond donors (Lipinski definition) is 2. The third kappa shape index (κ3) is 5.85. The molecule has 0 heterocycles. The van der Waals surface area contributed by atoms with E-state index in [1.54, 1.807) is 12.1 Å². The van der Waals surface area contributed by atoms with Crippen molar-refractivity contribution in [1.82, 2.24) is 0 Å². The van der Waals surface area contributed by atoms with E-state index in [9.17, 15) is 13.2 Å². The van der Waals surface area contributed by atoms with E-state index >= 15 is 0 Å². The highest BCUT2D eigenvalue weighted by Gasteiger charge is 2.12. The van der Waals surface area contributed by atoms with Gasteiger partial charge in [0.2, 0.25) is 5.91 Å². The molecule has 1 aromatic carbocycles. The monoisotopic (exact) mass is 312 g/mol. The molecule has 0 aliphatic carbocycles. The van der Waals surface area contributed by atoms with Gasteiger partial charge in [-0.3, -0.25) is 4.79 Å². The predicted molar refractivity (Wildman–Crippen MR) is 85.0 cm³/mol. The van der Waals surface area contributed by atoms with Crippen molar-refractivity contribution in [3.8, 4) is 0 Å². The number of sulfone groups is 1. The molecule has 0 aromatic heterocycles. The number of benzene rings is 1. The number of aryl methyl sites for hydroxylation is 1. The number of nitrogens with one attached hydrogen (secondary N) is 1. The van der Waals surface area contributed by atoms with Crippen LogP contribution in [0.3, 0.4) is 0 Å². The van der Waals surface area contributed by atoms with Crippen LogP contribution in [0.15, 0.2) is 23.1 Å². The number of nitrogens with two attached hydrogens (primary N) is 1. The lowest BCUT2D eigenvalue weighted by Gasteiger charge is -2.12. The van der Waals surface area contributed by atoms with Gasteiger partial charge in [-0.1, -0.05) is 13.0 Å². The average Bonchev–Trinajstić information content (AvgIpc) is 2.38. The smallest absolute Gasteiger partial charge is 0.224 e. The van der Waals surface area contributed by atoms with Crippen LogP contribution in [0.1, 0.15) is 31.7 Å². The van der Waals surface area contributed by atoms with Gasteiger partial charge in [0.1, 0.15) is 0 Å². The number of rotatable bonds is 7. The highest BCUT2D eigenvalue weighted by molar-refractivity contribution is 7.90. The summed E-state index contributed by atoms with van der Waals surface area (Å²) < 4.78 is 23.1. The van der Waals surface area contributed by atoms with Crippen molar-refractivity contribution in [3.63, 3.8) is 0 Å². The molecule has 0 aliphatic heterocycles. The normalized spacial score (nSPS) is 13.0. The average molecular weight is 312 g/mol. The summed E-state index contributed by atoms with van der Waals surface area (Å²) in [5.41, 5.74) is 6.87. The highest BCUT2D eigenvalue weighted by Crippen LogP contribution is 2.21. The summed E-state index contributed by atoms with van der Waals surface area (Å²) in [5.74, 6) is 0.303. The first-order chi connectivity index (χ1) is 9.74. The van der Waals surface area contributed by atoms with E-state index in [0.29, 0.717) is 24.6 Å². The van der Waals surface area contributed by atoms with Crippen molar-refractivity contribution in [3.05, 3.63) is 23.8 Å². The van der Waals surface area contributed by atoms with Gasteiger partial charge in [0.25, 0.3) is 0 Å². The molecule has 118 valence electrons. The molecule has 1 unspecified atom stereocenters. The predicted octanol–water partition coefficient (Wildman–Crippen LogP) is 2.10. The van der Waals surface area contributed by atoms with Gasteiger partial charge in [0.15, 0.2) is 9.84 Å². The van der Waals surface area contributed by atoms with Crippen molar-refractivity contribution in [2.24, 2.45) is 11.7 Å². The minimum atomic E-state index is -3.28. The van der Waals surface area contributed by atoms with Gasteiger partial charge in [0.05, 0.1) is 4.90 Å². The number of carbonyl (C=O) groups excluding carboxylic acids is 1. The van der Waals surface area contributed by atoms with Crippen molar-refractivity contribution in [1.29, 1.82) is 0 Å². The number of amides is 1. The molecule has 21 heavy (non-hydrogen) atoms. The first-order valence-electron chi connectivity index (χ1n) is 7.04. The second kappa shape index (κ2) is 7.56. The maximum absolute atomic E-state index is 11.9. The topological polar surface area (TPSA) is 89.3 Å². The van der Waals surface area contributed by atoms with E-state index in [1.165, 1.54) is 6.07 Å². The van der Waals surface area contributed by atoms with E-state index in [1.807, 2.05) is 6.92 Å². The Kier molecular flexibility index (Phi) is 6.36. The summed E-state index contributed by atoms with van der Waals surface area (Å²) in [4.78, 5) is 12.2. The Hall–Kier alpha value is -1.40. The summed E-state index contributed by atoms with van der Waals surface area (Å²) in [5, 5.41) is 2.79. The summed E-state index contributed by atoms with van der Waals surface area (Å²) in [6.45, 7) is 4.52. The third-order valence-corrected chi connectivity index (χ3v) is 4.55. The van der Waals surface area contributed by atoms with E-state index in [-0.39, 0.29) is 10.8 Å². The quantitative estimate of drug-likeness (QED) is 0.807. The van der Waals surface area contributed by atoms with Crippen molar-refractivity contribution in [2.75, 3.05) is 18.1 Å². The molecular formula is C15H24N2O3S. The molecule has 0 fully saturated rings. The SMILES string of the molecule is Cc1ccc(S(C)(=O)=O)cc1NC(=O)CCC(C)CCN. The van der Waals surface area contributed by atoms with Crippen molar-refractivity contribution in [2.45, 2.75) is 38.0 Å². The summed E-state index contributed by atoms with van der Waals surface area (Å²) in [6.07, 6.45) is 3.23. The molecule has 0 saturated carbocycles. The molecule has 0 aliphatic rings. The summed E-state index contributed by atoms with van der Waals surface area (Å²) >= 11 is 0.